The number of hydrogen-bond donors (Lipinski definition) is 7. The number of phenolic OH excluding ortho intramolecular Hbond substituents is 2. The Morgan fingerprint density at radius 3 is 1.39 bits per heavy atom. The van der Waals surface area contributed by atoms with Gasteiger partial charge in [0.15, 0.2) is 0 Å². The molecule has 0 aliphatic rings. The molecule has 0 bridgehead atoms. The maximum Gasteiger partial charge on any atom is 0.324 e. The number of nitrogens with one attached hydrogen (secondary N) is 4. The monoisotopic (exact) mass is 812 g/mol. The van der Waals surface area contributed by atoms with Crippen LogP contribution < -0.4 is 20.1 Å². The second kappa shape index (κ2) is 16.7. The van der Waals surface area contributed by atoms with E-state index >= 15 is 0 Å². The van der Waals surface area contributed by atoms with Crippen molar-refractivity contribution in [2.45, 2.75) is 34.7 Å². The second-order valence-electron chi connectivity index (χ2n) is 13.0. The van der Waals surface area contributed by atoms with Crippen LogP contribution in [0.1, 0.15) is 11.1 Å². The van der Waals surface area contributed by atoms with Crippen LogP contribution in [0.3, 0.4) is 0 Å². The molecule has 2 amide bonds. The number of fused-ring (bicyclic) bond motifs is 2. The van der Waals surface area contributed by atoms with E-state index in [1.165, 1.54) is 60.7 Å². The van der Waals surface area contributed by atoms with Gasteiger partial charge in [0.2, 0.25) is 20.0 Å². The summed E-state index contributed by atoms with van der Waals surface area (Å²) in [4.78, 5) is 37.2. The van der Waals surface area contributed by atoms with E-state index in [-0.39, 0.29) is 34.1 Å². The lowest BCUT2D eigenvalue weighted by atomic mass is 10.1. The third kappa shape index (κ3) is 10.0. The first-order chi connectivity index (χ1) is 27.1. The molecule has 7 N–H and O–H groups in total. The highest BCUT2D eigenvalue weighted by Gasteiger charge is 2.28. The molecule has 6 aromatic rings. The van der Waals surface area contributed by atoms with E-state index in [9.17, 15) is 46.5 Å². The molecule has 0 radical (unpaired) electrons. The molecule has 0 unspecified atom stereocenters. The maximum atomic E-state index is 13.4. The number of carbonyl (C=O) groups is 3. The van der Waals surface area contributed by atoms with Gasteiger partial charge in [-0.1, -0.05) is 48.5 Å². The van der Waals surface area contributed by atoms with Crippen LogP contribution in [0, 0.1) is 0 Å². The molecule has 0 heterocycles. The number of ether oxygens (including phenoxy) is 1. The Morgan fingerprint density at radius 2 is 0.965 bits per heavy atom. The smallest absolute Gasteiger partial charge is 0.324 e. The standard InChI is InChI=1S/C40H36N4O11S2/c1-55-39(49)37(19-25-4-14-33(46)15-5-25)44-57(53,54)35-17-9-27-7-11-31(21-29(27)23-35)42-40(50)41-30-10-6-26-8-16-34(22-28(26)20-30)56(51,52)43-36(38(47)48)18-24-2-12-32(45)13-3-24/h2-17,20-23,36-37,43-46H,18-19H2,1H3,(H,47,48)(H2,41,42,50)/t36-,37-/m0/s1. The van der Waals surface area contributed by atoms with Gasteiger partial charge in [-0.3, -0.25) is 9.59 Å². The van der Waals surface area contributed by atoms with Crippen molar-refractivity contribution >= 4 is 70.9 Å². The highest BCUT2D eigenvalue weighted by molar-refractivity contribution is 7.89. The van der Waals surface area contributed by atoms with E-state index in [1.54, 1.807) is 60.7 Å². The summed E-state index contributed by atoms with van der Waals surface area (Å²) in [6.07, 6.45) is -0.200. The van der Waals surface area contributed by atoms with E-state index < -0.39 is 50.1 Å². The average molecular weight is 813 g/mol. The SMILES string of the molecule is COC(=O)[C@H](Cc1ccc(O)cc1)NS(=O)(=O)c1ccc2ccc(NC(=O)Nc3ccc4ccc(S(=O)(=O)N[C@@H](Cc5ccc(O)cc5)C(=O)O)cc4c3)cc2c1. The number of rotatable bonds is 14. The number of aromatic hydroxyl groups is 2. The minimum absolute atomic E-state index is 0.0155. The molecule has 17 heteroatoms. The summed E-state index contributed by atoms with van der Waals surface area (Å²) in [5.74, 6) is -2.18. The summed E-state index contributed by atoms with van der Waals surface area (Å²) in [5.41, 5.74) is 1.72. The minimum Gasteiger partial charge on any atom is -0.508 e. The van der Waals surface area contributed by atoms with Gasteiger partial charge >= 0.3 is 18.0 Å². The first-order valence-electron chi connectivity index (χ1n) is 17.2. The zero-order valence-electron chi connectivity index (χ0n) is 30.0. The van der Waals surface area contributed by atoms with Crippen LogP contribution in [0.4, 0.5) is 16.2 Å². The molecule has 0 aromatic heterocycles. The van der Waals surface area contributed by atoms with Crippen molar-refractivity contribution in [1.29, 1.82) is 0 Å². The fourth-order valence-electron chi connectivity index (χ4n) is 5.97. The van der Waals surface area contributed by atoms with E-state index in [0.29, 0.717) is 44.0 Å². The largest absolute Gasteiger partial charge is 0.508 e. The van der Waals surface area contributed by atoms with Crippen molar-refractivity contribution in [2.24, 2.45) is 0 Å². The summed E-state index contributed by atoms with van der Waals surface area (Å²) in [6, 6.07) is 26.6. The Morgan fingerprint density at radius 1 is 0.561 bits per heavy atom. The molecule has 0 aliphatic carbocycles. The molecule has 6 rings (SSSR count). The minimum atomic E-state index is -4.31. The van der Waals surface area contributed by atoms with Crippen molar-refractivity contribution in [3.8, 4) is 11.5 Å². The average Bonchev–Trinajstić information content (AvgIpc) is 3.18. The molecule has 0 spiro atoms. The quantitative estimate of drug-likeness (QED) is 0.0716. The third-order valence-corrected chi connectivity index (χ3v) is 11.8. The summed E-state index contributed by atoms with van der Waals surface area (Å²) in [5, 5.41) is 36.4. The predicted octanol–water partition coefficient (Wildman–Crippen LogP) is 5.09. The first kappa shape index (κ1) is 40.1. The number of anilines is 2. The van der Waals surface area contributed by atoms with Gasteiger partial charge in [-0.05, 0) is 118 Å². The Kier molecular flexibility index (Phi) is 11.7. The van der Waals surface area contributed by atoms with E-state index in [0.717, 1.165) is 7.11 Å². The van der Waals surface area contributed by atoms with Crippen LogP contribution in [0.5, 0.6) is 11.5 Å². The summed E-state index contributed by atoms with van der Waals surface area (Å²) >= 11 is 0. The summed E-state index contributed by atoms with van der Waals surface area (Å²) < 4.78 is 62.9. The number of benzene rings is 6. The molecule has 0 saturated carbocycles. The van der Waals surface area contributed by atoms with Crippen molar-refractivity contribution in [3.63, 3.8) is 0 Å². The van der Waals surface area contributed by atoms with Crippen molar-refractivity contribution < 1.29 is 51.3 Å². The van der Waals surface area contributed by atoms with Gasteiger partial charge < -0.3 is 30.7 Å². The maximum absolute atomic E-state index is 13.4. The number of carboxylic acid groups (broad SMARTS) is 1. The highest BCUT2D eigenvalue weighted by atomic mass is 32.2. The molecule has 57 heavy (non-hydrogen) atoms. The molecular weight excluding hydrogens is 777 g/mol. The number of aliphatic carboxylic acids is 1. The van der Waals surface area contributed by atoms with Gasteiger partial charge in [0.25, 0.3) is 0 Å². The van der Waals surface area contributed by atoms with Crippen LogP contribution in [0.15, 0.2) is 131 Å². The van der Waals surface area contributed by atoms with Gasteiger partial charge in [0, 0.05) is 11.4 Å². The zero-order valence-corrected chi connectivity index (χ0v) is 31.7. The lowest BCUT2D eigenvalue weighted by molar-refractivity contribution is -0.142. The number of carbonyl (C=O) groups excluding carboxylic acids is 2. The van der Waals surface area contributed by atoms with Gasteiger partial charge in [-0.2, -0.15) is 9.44 Å². The molecule has 15 nitrogen and oxygen atoms in total. The Bertz CT molecular complexity index is 2710. The Balaban J connectivity index is 1.15. The fourth-order valence-corrected chi connectivity index (χ4v) is 8.42. The number of carboxylic acids is 1. The van der Waals surface area contributed by atoms with E-state index in [2.05, 4.69) is 20.1 Å². The van der Waals surface area contributed by atoms with Crippen molar-refractivity contribution in [2.75, 3.05) is 17.7 Å². The molecule has 2 atom stereocenters. The molecule has 0 aliphatic heterocycles. The zero-order chi connectivity index (χ0) is 40.9. The number of esters is 1. The Hall–Kier alpha value is -6.53. The van der Waals surface area contributed by atoms with Gasteiger partial charge in [0.05, 0.1) is 16.9 Å². The number of amides is 2. The lowest BCUT2D eigenvalue weighted by Crippen LogP contribution is -2.42. The van der Waals surface area contributed by atoms with Crippen LogP contribution >= 0.6 is 0 Å². The second-order valence-corrected chi connectivity index (χ2v) is 16.4. The molecular formula is C40H36N4O11S2. The van der Waals surface area contributed by atoms with Gasteiger partial charge in [-0.15, -0.1) is 0 Å². The van der Waals surface area contributed by atoms with Crippen LogP contribution in [-0.4, -0.2) is 69.3 Å². The molecule has 0 saturated heterocycles. The molecule has 0 fully saturated rings. The predicted molar refractivity (Wildman–Crippen MR) is 212 cm³/mol. The topological polar surface area (TPSA) is 238 Å². The summed E-state index contributed by atoms with van der Waals surface area (Å²) in [6.45, 7) is 0. The first-order valence-corrected chi connectivity index (χ1v) is 20.1. The normalized spacial score (nSPS) is 12.8. The Labute approximate surface area is 327 Å². The molecule has 6 aromatic carbocycles. The highest BCUT2D eigenvalue weighted by Crippen LogP contribution is 2.26. The van der Waals surface area contributed by atoms with Crippen LogP contribution in [0.25, 0.3) is 21.5 Å². The number of sulfonamides is 2. The lowest BCUT2D eigenvalue weighted by Gasteiger charge is -2.17. The van der Waals surface area contributed by atoms with Crippen LogP contribution in [-0.2, 0) is 47.2 Å². The molecule has 294 valence electrons. The number of hydrogen-bond acceptors (Lipinski definition) is 10. The van der Waals surface area contributed by atoms with E-state index in [4.69, 9.17) is 4.74 Å². The number of phenols is 2. The van der Waals surface area contributed by atoms with Gasteiger partial charge in [0.1, 0.15) is 23.6 Å². The number of methoxy groups -OCH3 is 1. The summed E-state index contributed by atoms with van der Waals surface area (Å²) in [7, 11) is -7.40. The third-order valence-electron chi connectivity index (χ3n) is 8.89. The fraction of sp³-hybridized carbons (Fsp3) is 0.125. The van der Waals surface area contributed by atoms with Gasteiger partial charge in [-0.25, -0.2) is 21.6 Å². The van der Waals surface area contributed by atoms with E-state index in [1.807, 2.05) is 0 Å². The van der Waals surface area contributed by atoms with Crippen LogP contribution in [0.2, 0.25) is 0 Å². The van der Waals surface area contributed by atoms with Crippen molar-refractivity contribution in [3.05, 3.63) is 132 Å². The number of urea groups is 1. The van der Waals surface area contributed by atoms with Crippen molar-refractivity contribution in [1.82, 2.24) is 9.44 Å².